The van der Waals surface area contributed by atoms with Gasteiger partial charge < -0.3 is 9.80 Å². The summed E-state index contributed by atoms with van der Waals surface area (Å²) in [5.41, 5.74) is 2.16. The maximum absolute atomic E-state index is 4.50. The van der Waals surface area contributed by atoms with Gasteiger partial charge in [0.2, 0.25) is 0 Å². The topological polar surface area (TPSA) is 58.0 Å². The lowest BCUT2D eigenvalue weighted by Crippen LogP contribution is -2.47. The van der Waals surface area contributed by atoms with Crippen molar-refractivity contribution in [3.63, 3.8) is 0 Å². The normalized spacial score (nSPS) is 15.5. The molecule has 7 heteroatoms. The Bertz CT molecular complexity index is 793. The number of hydrogen-bond acceptors (Lipinski definition) is 7. The molecule has 1 saturated heterocycles. The molecular weight excluding hydrogens is 296 g/mol. The van der Waals surface area contributed by atoms with Gasteiger partial charge in [0.25, 0.3) is 0 Å². The molecule has 0 saturated carbocycles. The van der Waals surface area contributed by atoms with Crippen LogP contribution in [-0.4, -0.2) is 46.1 Å². The molecule has 0 spiro atoms. The fourth-order valence-electron chi connectivity index (χ4n) is 2.85. The van der Waals surface area contributed by atoms with Gasteiger partial charge in [-0.2, -0.15) is 0 Å². The summed E-state index contributed by atoms with van der Waals surface area (Å²) in [7, 11) is 0. The molecule has 112 valence electrons. The molecule has 1 aliphatic rings. The number of nitrogens with zero attached hydrogens (tertiary/aromatic N) is 6. The summed E-state index contributed by atoms with van der Waals surface area (Å²) in [5, 5.41) is 2.07. The van der Waals surface area contributed by atoms with Crippen LogP contribution in [0, 0.1) is 6.92 Å². The molecule has 3 aromatic heterocycles. The monoisotopic (exact) mass is 312 g/mol. The summed E-state index contributed by atoms with van der Waals surface area (Å²) in [6.45, 7) is 5.81. The van der Waals surface area contributed by atoms with Crippen LogP contribution in [0.25, 0.3) is 10.2 Å². The van der Waals surface area contributed by atoms with E-state index in [2.05, 4.69) is 42.0 Å². The van der Waals surface area contributed by atoms with Gasteiger partial charge in [-0.05, 0) is 18.4 Å². The van der Waals surface area contributed by atoms with E-state index in [1.165, 1.54) is 4.70 Å². The lowest BCUT2D eigenvalue weighted by molar-refractivity contribution is 0.641. The van der Waals surface area contributed by atoms with Crippen LogP contribution in [0.4, 0.5) is 11.6 Å². The highest BCUT2D eigenvalue weighted by Gasteiger charge is 2.22. The zero-order chi connectivity index (χ0) is 14.9. The number of hydrogen-bond donors (Lipinski definition) is 0. The zero-order valence-corrected chi connectivity index (χ0v) is 13.1. The Morgan fingerprint density at radius 1 is 0.955 bits per heavy atom. The summed E-state index contributed by atoms with van der Waals surface area (Å²) < 4.78 is 1.18. The van der Waals surface area contributed by atoms with Crippen LogP contribution >= 0.6 is 11.3 Å². The van der Waals surface area contributed by atoms with E-state index in [1.54, 1.807) is 24.0 Å². The van der Waals surface area contributed by atoms with Crippen molar-refractivity contribution in [2.75, 3.05) is 36.0 Å². The van der Waals surface area contributed by atoms with Crippen molar-refractivity contribution in [2.24, 2.45) is 0 Å². The molecule has 1 aliphatic heterocycles. The lowest BCUT2D eigenvalue weighted by atomic mass is 10.2. The number of piperazine rings is 1. The Hall–Kier alpha value is -2.28. The van der Waals surface area contributed by atoms with E-state index in [-0.39, 0.29) is 0 Å². The largest absolute Gasteiger partial charge is 0.353 e. The lowest BCUT2D eigenvalue weighted by Gasteiger charge is -2.36. The number of aryl methyl sites for hydroxylation is 1. The Balaban J connectivity index is 1.55. The van der Waals surface area contributed by atoms with Gasteiger partial charge in [-0.1, -0.05) is 0 Å². The van der Waals surface area contributed by atoms with Crippen LogP contribution in [-0.2, 0) is 0 Å². The van der Waals surface area contributed by atoms with Crippen molar-refractivity contribution >= 4 is 33.2 Å². The fraction of sp³-hybridized carbons (Fsp3) is 0.333. The molecule has 0 aliphatic carbocycles. The second-order valence-corrected chi connectivity index (χ2v) is 6.25. The van der Waals surface area contributed by atoms with Crippen molar-refractivity contribution in [3.05, 3.63) is 35.9 Å². The standard InChI is InChI=1S/C15H16N6S/c1-11-8-16-9-18-14(11)20-3-5-21(6-4-20)15-13-12(2-7-22-13)17-10-19-15/h2,7-10H,3-6H2,1H3. The number of thiophene rings is 1. The summed E-state index contributed by atoms with van der Waals surface area (Å²) in [5.74, 6) is 2.10. The molecule has 0 atom stereocenters. The van der Waals surface area contributed by atoms with E-state index >= 15 is 0 Å². The van der Waals surface area contributed by atoms with E-state index in [4.69, 9.17) is 0 Å². The maximum Gasteiger partial charge on any atom is 0.150 e. The third kappa shape index (κ3) is 2.27. The molecule has 0 bridgehead atoms. The third-order valence-corrected chi connectivity index (χ3v) is 4.87. The third-order valence-electron chi connectivity index (χ3n) is 3.97. The number of rotatable bonds is 2. The van der Waals surface area contributed by atoms with Crippen LogP contribution in [0.5, 0.6) is 0 Å². The molecule has 3 aromatic rings. The first kappa shape index (κ1) is 13.4. The molecule has 0 radical (unpaired) electrons. The highest BCUT2D eigenvalue weighted by atomic mass is 32.1. The average molecular weight is 312 g/mol. The van der Waals surface area contributed by atoms with Crippen LogP contribution in [0.1, 0.15) is 5.56 Å². The van der Waals surface area contributed by atoms with E-state index < -0.39 is 0 Å². The Morgan fingerprint density at radius 2 is 1.68 bits per heavy atom. The van der Waals surface area contributed by atoms with Gasteiger partial charge in [0, 0.05) is 37.9 Å². The number of anilines is 2. The van der Waals surface area contributed by atoms with Crippen molar-refractivity contribution in [1.82, 2.24) is 19.9 Å². The van der Waals surface area contributed by atoms with Crippen LogP contribution < -0.4 is 9.80 Å². The van der Waals surface area contributed by atoms with E-state index in [0.717, 1.165) is 48.9 Å². The van der Waals surface area contributed by atoms with E-state index in [0.29, 0.717) is 0 Å². The minimum absolute atomic E-state index is 0.938. The van der Waals surface area contributed by atoms with Gasteiger partial charge in [0.05, 0.1) is 10.2 Å². The first-order valence-corrected chi connectivity index (χ1v) is 8.15. The molecule has 4 heterocycles. The van der Waals surface area contributed by atoms with Crippen LogP contribution in [0.2, 0.25) is 0 Å². The van der Waals surface area contributed by atoms with Gasteiger partial charge in [-0.15, -0.1) is 11.3 Å². The molecule has 0 aromatic carbocycles. The molecule has 0 N–H and O–H groups in total. The summed E-state index contributed by atoms with van der Waals surface area (Å²) in [4.78, 5) is 22.0. The van der Waals surface area contributed by atoms with Gasteiger partial charge in [0.15, 0.2) is 0 Å². The van der Waals surface area contributed by atoms with E-state index in [9.17, 15) is 0 Å². The number of aromatic nitrogens is 4. The van der Waals surface area contributed by atoms with E-state index in [1.807, 2.05) is 12.3 Å². The van der Waals surface area contributed by atoms with Gasteiger partial charge in [-0.25, -0.2) is 19.9 Å². The molecule has 4 rings (SSSR count). The summed E-state index contributed by atoms with van der Waals surface area (Å²) in [6, 6.07) is 2.05. The predicted octanol–water partition coefficient (Wildman–Crippen LogP) is 2.12. The van der Waals surface area contributed by atoms with Gasteiger partial charge >= 0.3 is 0 Å². The molecular formula is C15H16N6S. The van der Waals surface area contributed by atoms with Gasteiger partial charge in [0.1, 0.15) is 24.3 Å². The van der Waals surface area contributed by atoms with Crippen LogP contribution in [0.15, 0.2) is 30.3 Å². The summed E-state index contributed by atoms with van der Waals surface area (Å²) in [6.07, 6.45) is 5.15. The molecule has 22 heavy (non-hydrogen) atoms. The average Bonchev–Trinajstić information content (AvgIpc) is 3.04. The predicted molar refractivity (Wildman–Crippen MR) is 88.6 cm³/mol. The maximum atomic E-state index is 4.50. The minimum Gasteiger partial charge on any atom is -0.353 e. The zero-order valence-electron chi connectivity index (χ0n) is 12.3. The molecule has 0 amide bonds. The van der Waals surface area contributed by atoms with Crippen molar-refractivity contribution in [1.29, 1.82) is 0 Å². The van der Waals surface area contributed by atoms with Crippen LogP contribution in [0.3, 0.4) is 0 Å². The minimum atomic E-state index is 0.938. The second-order valence-electron chi connectivity index (χ2n) is 5.34. The van der Waals surface area contributed by atoms with Gasteiger partial charge in [-0.3, -0.25) is 0 Å². The van der Waals surface area contributed by atoms with Crippen molar-refractivity contribution in [2.45, 2.75) is 6.92 Å². The SMILES string of the molecule is Cc1cncnc1N1CCN(c2ncnc3ccsc23)CC1. The highest BCUT2D eigenvalue weighted by Crippen LogP contribution is 2.29. The second kappa shape index (κ2) is 5.49. The Labute approximate surface area is 132 Å². The van der Waals surface area contributed by atoms with Crippen molar-refractivity contribution < 1.29 is 0 Å². The first-order valence-electron chi connectivity index (χ1n) is 7.27. The fourth-order valence-corrected chi connectivity index (χ4v) is 3.72. The molecule has 1 fully saturated rings. The quantitative estimate of drug-likeness (QED) is 0.722. The molecule has 0 unspecified atom stereocenters. The smallest absolute Gasteiger partial charge is 0.150 e. The number of fused-ring (bicyclic) bond motifs is 1. The summed E-state index contributed by atoms with van der Waals surface area (Å²) >= 11 is 1.71. The molecule has 6 nitrogen and oxygen atoms in total. The first-order chi connectivity index (χ1) is 10.8. The Morgan fingerprint density at radius 3 is 2.45 bits per heavy atom. The Kier molecular flexibility index (Phi) is 3.34. The van der Waals surface area contributed by atoms with Crippen molar-refractivity contribution in [3.8, 4) is 0 Å². The highest BCUT2D eigenvalue weighted by molar-refractivity contribution is 7.17.